The molecule has 3 aromatic rings. The van der Waals surface area contributed by atoms with Gasteiger partial charge in [0.1, 0.15) is 9.84 Å². The van der Waals surface area contributed by atoms with Crippen molar-refractivity contribution in [3.63, 3.8) is 0 Å². The van der Waals surface area contributed by atoms with Gasteiger partial charge >= 0.3 is 12.7 Å². The Morgan fingerprint density at radius 1 is 1.07 bits per heavy atom. The Balaban J connectivity index is 1.91. The molecule has 2 N–H and O–H groups in total. The number of carbonyl (C=O) groups is 2. The highest BCUT2D eigenvalue weighted by molar-refractivity contribution is 14.1. The van der Waals surface area contributed by atoms with Crippen LogP contribution in [0.1, 0.15) is 52.4 Å². The second-order valence-electron chi connectivity index (χ2n) is 9.69. The molecule has 0 aliphatic rings. The lowest BCUT2D eigenvalue weighted by atomic mass is 10.0. The Hall–Kier alpha value is -3.08. The van der Waals surface area contributed by atoms with Crippen LogP contribution in [-0.4, -0.2) is 47.6 Å². The lowest BCUT2D eigenvalue weighted by Gasteiger charge is -2.26. The highest BCUT2D eigenvalue weighted by Gasteiger charge is 2.36. The van der Waals surface area contributed by atoms with Crippen LogP contribution in [0.15, 0.2) is 42.5 Å². The molecule has 15 heteroatoms. The molecule has 0 radical (unpaired) electrons. The monoisotopic (exact) mass is 698 g/mol. The van der Waals surface area contributed by atoms with Crippen molar-refractivity contribution in [2.45, 2.75) is 39.0 Å². The van der Waals surface area contributed by atoms with Crippen molar-refractivity contribution >= 4 is 49.9 Å². The third-order valence-electron chi connectivity index (χ3n) is 5.54. The van der Waals surface area contributed by atoms with Crippen LogP contribution in [-0.2, 0) is 16.0 Å². The quantitative estimate of drug-likeness (QED) is 0.233. The molecular formula is C25H24F5IN4O4S. The minimum Gasteiger partial charge on any atom is -0.346 e. The van der Waals surface area contributed by atoms with E-state index in [0.717, 1.165) is 6.26 Å². The van der Waals surface area contributed by atoms with E-state index < -0.39 is 51.3 Å². The van der Waals surface area contributed by atoms with Gasteiger partial charge in [-0.15, -0.1) is 0 Å². The number of carbonyl (C=O) groups excluding carboxylic acids is 2. The van der Waals surface area contributed by atoms with Crippen molar-refractivity contribution in [1.29, 1.82) is 0 Å². The van der Waals surface area contributed by atoms with Crippen LogP contribution in [0, 0.1) is 10.5 Å². The topological polar surface area (TPSA) is 110 Å². The van der Waals surface area contributed by atoms with Crippen LogP contribution in [0.25, 0.3) is 11.3 Å². The van der Waals surface area contributed by atoms with Gasteiger partial charge in [-0.1, -0.05) is 12.1 Å². The summed E-state index contributed by atoms with van der Waals surface area (Å²) in [6.07, 6.45) is -3.88. The van der Waals surface area contributed by atoms with E-state index in [9.17, 15) is 40.0 Å². The first-order valence-corrected chi connectivity index (χ1v) is 14.6. The van der Waals surface area contributed by atoms with E-state index in [1.807, 2.05) is 22.6 Å². The number of amides is 2. The average molecular weight is 698 g/mol. The Morgan fingerprint density at radius 2 is 1.73 bits per heavy atom. The van der Waals surface area contributed by atoms with E-state index in [2.05, 4.69) is 15.7 Å². The maximum Gasteiger partial charge on any atom is 0.435 e. The van der Waals surface area contributed by atoms with Crippen LogP contribution in [0.5, 0.6) is 0 Å². The van der Waals surface area contributed by atoms with Gasteiger partial charge in [0.25, 0.3) is 11.8 Å². The summed E-state index contributed by atoms with van der Waals surface area (Å²) in [6, 6.07) is 8.98. The van der Waals surface area contributed by atoms with Crippen molar-refractivity contribution < 1.29 is 40.0 Å². The summed E-state index contributed by atoms with van der Waals surface area (Å²) in [6.45, 7) is 1.26. The number of aryl methyl sites for hydroxylation is 1. The minimum atomic E-state index is -4.92. The predicted octanol–water partition coefficient (Wildman–Crippen LogP) is 5.68. The van der Waals surface area contributed by atoms with Crippen molar-refractivity contribution in [2.24, 2.45) is 0 Å². The van der Waals surface area contributed by atoms with Crippen molar-refractivity contribution in [3.05, 3.63) is 68.4 Å². The fourth-order valence-electron chi connectivity index (χ4n) is 4.06. The Labute approximate surface area is 240 Å². The van der Waals surface area contributed by atoms with Gasteiger partial charge in [0.05, 0.1) is 22.6 Å². The second kappa shape index (κ2) is 11.4. The second-order valence-corrected chi connectivity index (χ2v) is 13.0. The lowest BCUT2D eigenvalue weighted by Crippen LogP contribution is -2.48. The van der Waals surface area contributed by atoms with Gasteiger partial charge in [0.2, 0.25) is 0 Å². The maximum absolute atomic E-state index is 13.4. The van der Waals surface area contributed by atoms with Crippen LogP contribution < -0.4 is 10.6 Å². The van der Waals surface area contributed by atoms with Crippen LogP contribution in [0.4, 0.5) is 27.6 Å². The molecule has 0 saturated heterocycles. The van der Waals surface area contributed by atoms with E-state index in [1.54, 1.807) is 12.1 Å². The smallest absolute Gasteiger partial charge is 0.346 e. The Kier molecular flexibility index (Phi) is 8.98. The molecule has 216 valence electrons. The van der Waals surface area contributed by atoms with Gasteiger partial charge in [0, 0.05) is 26.6 Å². The first kappa shape index (κ1) is 31.4. The molecule has 0 atom stereocenters. The molecule has 0 aliphatic heterocycles. The number of alkyl halides is 5. The van der Waals surface area contributed by atoms with Crippen LogP contribution in [0.2, 0.25) is 0 Å². The number of hydrogen-bond donors (Lipinski definition) is 2. The van der Waals surface area contributed by atoms with Crippen molar-refractivity contribution in [1.82, 2.24) is 15.1 Å². The standard InChI is InChI=1S/C25H24F5IN4O4S/c1-13-10-14(18-11-19(25(28,29)30)34-35(18)23(26)27)8-9-17(13)32-21(36)15-6-5-7-16(31)20(15)22(37)33-24(2,3)12-40(4,38)39/h5-11,23H,12H2,1-4H3,(H,32,36)(H,33,37). The molecule has 0 aliphatic carbocycles. The molecule has 0 fully saturated rings. The van der Waals surface area contributed by atoms with Crippen molar-refractivity contribution in [3.8, 4) is 11.3 Å². The van der Waals surface area contributed by atoms with Crippen LogP contribution in [0.3, 0.4) is 0 Å². The summed E-state index contributed by atoms with van der Waals surface area (Å²) in [4.78, 5) is 26.4. The number of nitrogens with zero attached hydrogens (tertiary/aromatic N) is 2. The number of nitrogens with one attached hydrogen (secondary N) is 2. The fraction of sp³-hybridized carbons (Fsp3) is 0.320. The molecule has 40 heavy (non-hydrogen) atoms. The number of sulfone groups is 1. The zero-order valence-corrected chi connectivity index (χ0v) is 24.5. The largest absolute Gasteiger partial charge is 0.435 e. The summed E-state index contributed by atoms with van der Waals surface area (Å²) in [5.41, 5.74) is -2.51. The SMILES string of the molecule is Cc1cc(-c2cc(C(F)(F)F)nn2C(F)F)ccc1NC(=O)c1cccc(I)c1C(=O)NC(C)(C)CS(C)(=O)=O. The number of anilines is 1. The predicted molar refractivity (Wildman–Crippen MR) is 147 cm³/mol. The molecule has 0 bridgehead atoms. The highest BCUT2D eigenvalue weighted by atomic mass is 127. The molecule has 0 spiro atoms. The lowest BCUT2D eigenvalue weighted by molar-refractivity contribution is -0.142. The first-order valence-electron chi connectivity index (χ1n) is 11.4. The highest BCUT2D eigenvalue weighted by Crippen LogP contribution is 2.35. The molecule has 0 saturated carbocycles. The molecule has 2 amide bonds. The van der Waals surface area contributed by atoms with E-state index in [4.69, 9.17) is 0 Å². The van der Waals surface area contributed by atoms with Crippen molar-refractivity contribution in [2.75, 3.05) is 17.3 Å². The van der Waals surface area contributed by atoms with Gasteiger partial charge in [-0.2, -0.15) is 27.1 Å². The number of rotatable bonds is 8. The summed E-state index contributed by atoms with van der Waals surface area (Å²) in [7, 11) is -3.43. The summed E-state index contributed by atoms with van der Waals surface area (Å²) in [5.74, 6) is -1.70. The normalized spacial score (nSPS) is 12.5. The Morgan fingerprint density at radius 3 is 2.27 bits per heavy atom. The van der Waals surface area contributed by atoms with Gasteiger partial charge < -0.3 is 10.6 Å². The maximum atomic E-state index is 13.4. The summed E-state index contributed by atoms with van der Waals surface area (Å²) in [5, 5.41) is 8.24. The number of aromatic nitrogens is 2. The Bertz CT molecular complexity index is 1570. The zero-order chi connectivity index (χ0) is 30.2. The zero-order valence-electron chi connectivity index (χ0n) is 21.5. The van der Waals surface area contributed by atoms with E-state index in [0.29, 0.717) is 15.2 Å². The molecule has 8 nitrogen and oxygen atoms in total. The summed E-state index contributed by atoms with van der Waals surface area (Å²) < 4.78 is 89.9. The molecule has 1 aromatic heterocycles. The number of hydrogen-bond acceptors (Lipinski definition) is 5. The van der Waals surface area contributed by atoms with E-state index in [-0.39, 0.29) is 32.8 Å². The van der Waals surface area contributed by atoms with E-state index in [1.165, 1.54) is 45.0 Å². The molecule has 0 unspecified atom stereocenters. The fourth-order valence-corrected chi connectivity index (χ4v) is 6.18. The molecule has 3 rings (SSSR count). The third-order valence-corrected chi connectivity index (χ3v) is 7.69. The third kappa shape index (κ3) is 7.56. The first-order chi connectivity index (χ1) is 18.3. The molecular weight excluding hydrogens is 674 g/mol. The van der Waals surface area contributed by atoms with Gasteiger partial charge in [-0.3, -0.25) is 9.59 Å². The van der Waals surface area contributed by atoms with Gasteiger partial charge in [0.15, 0.2) is 5.69 Å². The van der Waals surface area contributed by atoms with Crippen LogP contribution >= 0.6 is 22.6 Å². The van der Waals surface area contributed by atoms with E-state index >= 15 is 0 Å². The average Bonchev–Trinajstić information content (AvgIpc) is 3.24. The number of halogens is 6. The van der Waals surface area contributed by atoms with Gasteiger partial charge in [-0.25, -0.2) is 13.1 Å². The minimum absolute atomic E-state index is 0.0111. The molecule has 1 heterocycles. The molecule has 2 aromatic carbocycles. The number of benzene rings is 2. The van der Waals surface area contributed by atoms with Gasteiger partial charge in [-0.05, 0) is 79.3 Å². The summed E-state index contributed by atoms with van der Waals surface area (Å²) >= 11 is 1.87.